The molecule has 3 heterocycles. The van der Waals surface area contributed by atoms with Crippen LogP contribution < -0.4 is 42.4 Å². The minimum Gasteiger partial charge on any atom is -0.493 e. The molecule has 232 valence electrons. The van der Waals surface area contributed by atoms with Crippen LogP contribution in [0.2, 0.25) is 0 Å². The molecule has 0 saturated heterocycles. The number of rotatable bonds is 9. The van der Waals surface area contributed by atoms with Gasteiger partial charge < -0.3 is 19.5 Å². The molecule has 0 atom stereocenters. The minimum atomic E-state index is -0.704. The van der Waals surface area contributed by atoms with E-state index in [2.05, 4.69) is 33.8 Å². The number of esters is 1. The zero-order chi connectivity index (χ0) is 31.5. The van der Waals surface area contributed by atoms with E-state index in [0.717, 1.165) is 39.2 Å². The Bertz CT molecular complexity index is 1780. The van der Waals surface area contributed by atoms with Crippen LogP contribution >= 0.6 is 0 Å². The molecule has 0 radical (unpaired) electrons. The third-order valence-corrected chi connectivity index (χ3v) is 7.59. The highest BCUT2D eigenvalue weighted by molar-refractivity contribution is 6.02. The van der Waals surface area contributed by atoms with E-state index >= 15 is 0 Å². The summed E-state index contributed by atoms with van der Waals surface area (Å²) in [5, 5.41) is 2.77. The Kier molecular flexibility index (Phi) is 8.76. The summed E-state index contributed by atoms with van der Waals surface area (Å²) in [7, 11) is 2.81. The molecule has 13 heteroatoms. The molecule has 0 aliphatic carbocycles. The first-order valence-corrected chi connectivity index (χ1v) is 14.4. The van der Waals surface area contributed by atoms with Crippen LogP contribution in [0.25, 0.3) is 11.3 Å². The van der Waals surface area contributed by atoms with E-state index in [1.54, 1.807) is 16.2 Å². The molecule has 0 bridgehead atoms. The van der Waals surface area contributed by atoms with Crippen LogP contribution in [0, 0.1) is 20.8 Å². The lowest BCUT2D eigenvalue weighted by Gasteiger charge is -2.25. The van der Waals surface area contributed by atoms with Gasteiger partial charge in [-0.05, 0) is 62.9 Å². The van der Waals surface area contributed by atoms with Crippen LogP contribution in [-0.4, -0.2) is 48.4 Å². The average Bonchev–Trinajstić information content (AvgIpc) is 3.50. The molecule has 0 saturated carbocycles. The van der Waals surface area contributed by atoms with Crippen molar-refractivity contribution >= 4 is 17.6 Å². The number of nitrogens with zero attached hydrogens (tertiary/aromatic N) is 3. The van der Waals surface area contributed by atoms with Crippen molar-refractivity contribution in [2.45, 2.75) is 47.2 Å². The van der Waals surface area contributed by atoms with Crippen molar-refractivity contribution in [2.24, 2.45) is 4.99 Å². The zero-order valence-electron chi connectivity index (χ0n) is 25.7. The number of ether oxygens (including phenoxy) is 3. The summed E-state index contributed by atoms with van der Waals surface area (Å²) in [6, 6.07) is 9.90. The fourth-order valence-electron chi connectivity index (χ4n) is 5.61. The zero-order valence-corrected chi connectivity index (χ0v) is 25.7. The molecule has 2 aromatic carbocycles. The number of aromatic nitrogens is 2. The van der Waals surface area contributed by atoms with Gasteiger partial charge in [0.05, 0.1) is 32.2 Å². The van der Waals surface area contributed by atoms with Gasteiger partial charge in [0, 0.05) is 31.3 Å². The van der Waals surface area contributed by atoms with E-state index < -0.39 is 11.9 Å². The topological polar surface area (TPSA) is 149 Å². The van der Waals surface area contributed by atoms with Crippen molar-refractivity contribution < 1.29 is 23.8 Å². The lowest BCUT2D eigenvalue weighted by Crippen LogP contribution is -2.44. The van der Waals surface area contributed by atoms with Crippen LogP contribution in [0.1, 0.15) is 29.2 Å². The first kappa shape index (κ1) is 30.4. The number of hydrogen-bond donors (Lipinski definition) is 4. The van der Waals surface area contributed by atoms with Crippen LogP contribution in [0.3, 0.4) is 0 Å². The molecular formula is C31H37N7O6. The predicted octanol–water partition coefficient (Wildman–Crippen LogP) is 1.55. The highest BCUT2D eigenvalue weighted by Crippen LogP contribution is 2.37. The summed E-state index contributed by atoms with van der Waals surface area (Å²) in [5.74, 6) is -0.00363. The molecule has 13 nitrogen and oxygen atoms in total. The van der Waals surface area contributed by atoms with E-state index in [-0.39, 0.29) is 30.2 Å². The van der Waals surface area contributed by atoms with Gasteiger partial charge in [0.25, 0.3) is 5.91 Å². The Morgan fingerprint density at radius 2 is 1.73 bits per heavy atom. The summed E-state index contributed by atoms with van der Waals surface area (Å²) in [4.78, 5) is 44.0. The van der Waals surface area contributed by atoms with E-state index in [0.29, 0.717) is 36.6 Å². The molecule has 4 N–H and O–H groups in total. The number of fused-ring (bicyclic) bond motifs is 3. The quantitative estimate of drug-likeness (QED) is 0.267. The summed E-state index contributed by atoms with van der Waals surface area (Å²) in [6.45, 7) is 9.13. The second kappa shape index (κ2) is 12.7. The van der Waals surface area contributed by atoms with Gasteiger partial charge in [-0.3, -0.25) is 24.8 Å². The van der Waals surface area contributed by atoms with Crippen molar-refractivity contribution in [3.63, 3.8) is 0 Å². The maximum Gasteiger partial charge on any atom is 0.357 e. The van der Waals surface area contributed by atoms with Crippen LogP contribution in [0.4, 0.5) is 5.69 Å². The number of benzene rings is 2. The fourth-order valence-corrected chi connectivity index (χ4v) is 5.61. The van der Waals surface area contributed by atoms with Gasteiger partial charge in [-0.1, -0.05) is 17.7 Å². The second-order valence-electron chi connectivity index (χ2n) is 10.5. The van der Waals surface area contributed by atoms with Gasteiger partial charge in [-0.25, -0.2) is 14.6 Å². The minimum absolute atomic E-state index is 0.0168. The van der Waals surface area contributed by atoms with E-state index in [9.17, 15) is 14.4 Å². The molecule has 1 aromatic heterocycles. The van der Waals surface area contributed by atoms with Crippen molar-refractivity contribution in [1.29, 1.82) is 0 Å². The van der Waals surface area contributed by atoms with E-state index in [1.807, 2.05) is 45.9 Å². The average molecular weight is 604 g/mol. The van der Waals surface area contributed by atoms with Crippen molar-refractivity contribution in [1.82, 2.24) is 30.8 Å². The maximum absolute atomic E-state index is 14.1. The number of nitrogens with one attached hydrogen (secondary N) is 4. The number of carbonyl (C=O) groups excluding carboxylic acids is 2. The molecule has 0 spiro atoms. The Hall–Kier alpha value is -5.04. The van der Waals surface area contributed by atoms with Gasteiger partial charge >= 0.3 is 11.7 Å². The smallest absolute Gasteiger partial charge is 0.357 e. The molecule has 2 aliphatic rings. The number of amides is 1. The largest absolute Gasteiger partial charge is 0.493 e. The Labute approximate surface area is 254 Å². The molecule has 2 aliphatic heterocycles. The van der Waals surface area contributed by atoms with E-state index in [4.69, 9.17) is 19.2 Å². The van der Waals surface area contributed by atoms with Crippen LogP contribution in [0.15, 0.2) is 51.5 Å². The first-order valence-electron chi connectivity index (χ1n) is 14.4. The maximum atomic E-state index is 14.1. The van der Waals surface area contributed by atoms with Crippen molar-refractivity contribution in [3.05, 3.63) is 80.0 Å². The van der Waals surface area contributed by atoms with Gasteiger partial charge in [-0.15, -0.1) is 5.53 Å². The van der Waals surface area contributed by atoms with Gasteiger partial charge in [0.1, 0.15) is 11.2 Å². The highest BCUT2D eigenvalue weighted by Gasteiger charge is 2.27. The molecule has 0 unspecified atom stereocenters. The molecule has 1 amide bonds. The van der Waals surface area contributed by atoms with Crippen molar-refractivity contribution in [2.75, 3.05) is 27.4 Å². The summed E-state index contributed by atoms with van der Waals surface area (Å²) < 4.78 is 19.4. The van der Waals surface area contributed by atoms with Crippen molar-refractivity contribution in [3.8, 4) is 22.8 Å². The van der Waals surface area contributed by atoms with Crippen LogP contribution in [0.5, 0.6) is 11.5 Å². The first-order chi connectivity index (χ1) is 21.2. The fraction of sp³-hybridized carbons (Fsp3) is 0.355. The lowest BCUT2D eigenvalue weighted by molar-refractivity contribution is -0.136. The molecule has 5 rings (SSSR count). The predicted molar refractivity (Wildman–Crippen MR) is 163 cm³/mol. The monoisotopic (exact) mass is 603 g/mol. The lowest BCUT2D eigenvalue weighted by atomic mass is 9.97. The molecular weight excluding hydrogens is 566 g/mol. The third kappa shape index (κ3) is 5.78. The molecule has 3 aromatic rings. The Morgan fingerprint density at radius 1 is 1.00 bits per heavy atom. The van der Waals surface area contributed by atoms with Crippen LogP contribution in [-0.2, 0) is 33.8 Å². The number of methoxy groups -OCH3 is 2. The number of carbonyl (C=O) groups is 2. The second-order valence-corrected chi connectivity index (χ2v) is 10.5. The summed E-state index contributed by atoms with van der Waals surface area (Å²) in [6.07, 6.45) is 0.631. The number of hydrazine groups is 2. The molecule has 44 heavy (non-hydrogen) atoms. The highest BCUT2D eigenvalue weighted by atomic mass is 16.5. The normalized spacial score (nSPS) is 13.9. The van der Waals surface area contributed by atoms with Gasteiger partial charge in [0.2, 0.25) is 0 Å². The SMILES string of the molecule is CCOc1cc2c(cc1OC)-c1c/c(=N\c3c(C)cc(C)cc3C)n(CCNC(=O)C3=C(C(=O)OC)NNN3)c(=O)n1CC2. The Balaban J connectivity index is 1.59. The number of aryl methyl sites for hydroxylation is 4. The van der Waals surface area contributed by atoms with Gasteiger partial charge in [-0.2, -0.15) is 0 Å². The Morgan fingerprint density at radius 3 is 2.41 bits per heavy atom. The molecule has 0 fully saturated rings. The summed E-state index contributed by atoms with van der Waals surface area (Å²) in [5.41, 5.74) is 14.3. The third-order valence-electron chi connectivity index (χ3n) is 7.59. The van der Waals surface area contributed by atoms with Gasteiger partial charge in [0.15, 0.2) is 17.2 Å². The standard InChI is InChI=1S/C31H37N7O6/c1-7-44-24-14-20-8-10-37-22(21(20)15-23(24)42-5)16-25(33-26-18(3)12-17(2)13-19(26)4)38(31(37)41)11-9-32-29(39)27-28(30(40)43-6)35-36-34-27/h12-16,34-36H,7-11H2,1-6H3,(H,32,39)/b33-25+. The summed E-state index contributed by atoms with van der Waals surface area (Å²) >= 11 is 0. The number of hydrogen-bond acceptors (Lipinski definition) is 10. The van der Waals surface area contributed by atoms with E-state index in [1.165, 1.54) is 7.11 Å².